The highest BCUT2D eigenvalue weighted by Gasteiger charge is 2.47. The summed E-state index contributed by atoms with van der Waals surface area (Å²) in [5.74, 6) is -0.401. The van der Waals surface area contributed by atoms with Crippen molar-refractivity contribution < 1.29 is 14.6 Å². The summed E-state index contributed by atoms with van der Waals surface area (Å²) in [5, 5.41) is 8.89. The molecule has 0 heterocycles. The van der Waals surface area contributed by atoms with Crippen LogP contribution in [0.25, 0.3) is 0 Å². The maximum atomic E-state index is 10.8. The maximum absolute atomic E-state index is 10.8. The van der Waals surface area contributed by atoms with Gasteiger partial charge in [0.25, 0.3) is 0 Å². The predicted molar refractivity (Wildman–Crippen MR) is 40.3 cm³/mol. The zero-order valence-electron chi connectivity index (χ0n) is 6.96. The first-order chi connectivity index (χ1) is 5.11. The van der Waals surface area contributed by atoms with Crippen molar-refractivity contribution in [1.29, 1.82) is 0 Å². The van der Waals surface area contributed by atoms with Crippen molar-refractivity contribution in [2.45, 2.75) is 19.8 Å². The second-order valence-corrected chi connectivity index (χ2v) is 3.43. The van der Waals surface area contributed by atoms with E-state index in [2.05, 4.69) is 0 Å². The first kappa shape index (κ1) is 8.53. The number of carbonyl (C=O) groups is 1. The number of carboxylic acids is 1. The Morgan fingerprint density at radius 2 is 2.27 bits per heavy atom. The van der Waals surface area contributed by atoms with Crippen molar-refractivity contribution in [3.63, 3.8) is 0 Å². The number of hydrogen-bond acceptors (Lipinski definition) is 2. The zero-order chi connectivity index (χ0) is 8.48. The van der Waals surface area contributed by atoms with Crippen molar-refractivity contribution in [3.05, 3.63) is 0 Å². The van der Waals surface area contributed by atoms with Crippen LogP contribution < -0.4 is 0 Å². The molecule has 0 bridgehead atoms. The first-order valence-corrected chi connectivity index (χ1v) is 3.83. The summed E-state index contributed by atoms with van der Waals surface area (Å²) in [5.41, 5.74) is -0.644. The molecule has 1 atom stereocenters. The van der Waals surface area contributed by atoms with Crippen LogP contribution in [-0.2, 0) is 9.53 Å². The molecule has 1 fully saturated rings. The van der Waals surface area contributed by atoms with E-state index < -0.39 is 11.4 Å². The number of rotatable bonds is 4. The molecule has 0 spiro atoms. The van der Waals surface area contributed by atoms with Gasteiger partial charge in [-0.2, -0.15) is 0 Å². The summed E-state index contributed by atoms with van der Waals surface area (Å²) in [4.78, 5) is 10.8. The Balaban J connectivity index is 2.61. The number of hydrogen-bond donors (Lipinski definition) is 1. The van der Waals surface area contributed by atoms with Gasteiger partial charge in [0, 0.05) is 7.11 Å². The van der Waals surface area contributed by atoms with Gasteiger partial charge >= 0.3 is 5.97 Å². The molecule has 64 valence electrons. The van der Waals surface area contributed by atoms with Crippen molar-refractivity contribution >= 4 is 5.97 Å². The monoisotopic (exact) mass is 158 g/mol. The Kier molecular flexibility index (Phi) is 2.18. The van der Waals surface area contributed by atoms with Crippen LogP contribution in [0.4, 0.5) is 0 Å². The van der Waals surface area contributed by atoms with E-state index in [4.69, 9.17) is 9.84 Å². The fourth-order valence-electron chi connectivity index (χ4n) is 1.37. The van der Waals surface area contributed by atoms with Crippen LogP contribution in [0.1, 0.15) is 19.8 Å². The normalized spacial score (nSPS) is 22.7. The molecule has 0 aliphatic heterocycles. The molecule has 0 aromatic rings. The first-order valence-electron chi connectivity index (χ1n) is 3.83. The minimum absolute atomic E-state index is 0.326. The lowest BCUT2D eigenvalue weighted by atomic mass is 9.86. The third-order valence-corrected chi connectivity index (χ3v) is 2.41. The molecular formula is C8H14O3. The van der Waals surface area contributed by atoms with E-state index in [0.29, 0.717) is 12.5 Å². The molecule has 11 heavy (non-hydrogen) atoms. The van der Waals surface area contributed by atoms with Crippen molar-refractivity contribution in [2.24, 2.45) is 11.3 Å². The molecule has 1 saturated carbocycles. The van der Waals surface area contributed by atoms with Gasteiger partial charge in [0.1, 0.15) is 0 Å². The lowest BCUT2D eigenvalue weighted by Crippen LogP contribution is -2.34. The maximum Gasteiger partial charge on any atom is 0.311 e. The van der Waals surface area contributed by atoms with Crippen LogP contribution in [0.15, 0.2) is 0 Å². The van der Waals surface area contributed by atoms with Gasteiger partial charge in [-0.05, 0) is 25.7 Å². The highest BCUT2D eigenvalue weighted by Crippen LogP contribution is 2.45. The summed E-state index contributed by atoms with van der Waals surface area (Å²) in [6.45, 7) is 2.09. The third kappa shape index (κ3) is 1.53. The van der Waals surface area contributed by atoms with Gasteiger partial charge in [0.2, 0.25) is 0 Å². The highest BCUT2D eigenvalue weighted by molar-refractivity contribution is 5.75. The van der Waals surface area contributed by atoms with Crippen LogP contribution in [0, 0.1) is 11.3 Å². The van der Waals surface area contributed by atoms with E-state index >= 15 is 0 Å². The Morgan fingerprint density at radius 1 is 1.73 bits per heavy atom. The van der Waals surface area contributed by atoms with Gasteiger partial charge in [-0.3, -0.25) is 4.79 Å². The average Bonchev–Trinajstić information content (AvgIpc) is 2.68. The topological polar surface area (TPSA) is 46.5 Å². The Hall–Kier alpha value is -0.570. The van der Waals surface area contributed by atoms with Crippen molar-refractivity contribution in [2.75, 3.05) is 13.7 Å². The number of methoxy groups -OCH3 is 1. The Bertz CT molecular complexity index is 163. The highest BCUT2D eigenvalue weighted by atomic mass is 16.5. The molecule has 1 N–H and O–H groups in total. The standard InChI is InChI=1S/C8H14O3/c1-8(5-11-2,7(9)10)6-3-4-6/h6H,3-5H2,1-2H3,(H,9,10). The molecule has 1 rings (SSSR count). The number of aliphatic carboxylic acids is 1. The van der Waals surface area contributed by atoms with Gasteiger partial charge in [-0.25, -0.2) is 0 Å². The molecular weight excluding hydrogens is 144 g/mol. The molecule has 0 radical (unpaired) electrons. The van der Waals surface area contributed by atoms with Crippen molar-refractivity contribution in [1.82, 2.24) is 0 Å². The lowest BCUT2D eigenvalue weighted by Gasteiger charge is -2.22. The zero-order valence-corrected chi connectivity index (χ0v) is 6.96. The second kappa shape index (κ2) is 2.81. The molecule has 1 unspecified atom stereocenters. The second-order valence-electron chi connectivity index (χ2n) is 3.43. The fraction of sp³-hybridized carbons (Fsp3) is 0.875. The molecule has 1 aliphatic carbocycles. The molecule has 0 amide bonds. The summed E-state index contributed by atoms with van der Waals surface area (Å²) in [6, 6.07) is 0. The summed E-state index contributed by atoms with van der Waals surface area (Å²) < 4.78 is 4.89. The molecule has 3 heteroatoms. The van der Waals surface area contributed by atoms with Gasteiger partial charge in [-0.1, -0.05) is 0 Å². The Morgan fingerprint density at radius 3 is 2.55 bits per heavy atom. The van der Waals surface area contributed by atoms with Crippen LogP contribution in [0.2, 0.25) is 0 Å². The van der Waals surface area contributed by atoms with E-state index in [9.17, 15) is 4.79 Å². The minimum Gasteiger partial charge on any atom is -0.481 e. The van der Waals surface area contributed by atoms with Gasteiger partial charge < -0.3 is 9.84 Å². The Labute approximate surface area is 66.4 Å². The van der Waals surface area contributed by atoms with Crippen LogP contribution >= 0.6 is 0 Å². The molecule has 0 saturated heterocycles. The minimum atomic E-state index is -0.734. The molecule has 0 aromatic carbocycles. The fourth-order valence-corrected chi connectivity index (χ4v) is 1.37. The largest absolute Gasteiger partial charge is 0.481 e. The number of ether oxygens (including phenoxy) is 1. The van der Waals surface area contributed by atoms with Crippen LogP contribution in [0.3, 0.4) is 0 Å². The smallest absolute Gasteiger partial charge is 0.311 e. The third-order valence-electron chi connectivity index (χ3n) is 2.41. The van der Waals surface area contributed by atoms with Gasteiger partial charge in [0.05, 0.1) is 12.0 Å². The molecule has 3 nitrogen and oxygen atoms in total. The van der Waals surface area contributed by atoms with Crippen LogP contribution in [0.5, 0.6) is 0 Å². The van der Waals surface area contributed by atoms with E-state index in [1.807, 2.05) is 0 Å². The predicted octanol–water partition coefficient (Wildman–Crippen LogP) is 1.13. The van der Waals surface area contributed by atoms with Crippen LogP contribution in [-0.4, -0.2) is 24.8 Å². The number of carboxylic acid groups (broad SMARTS) is 1. The van der Waals surface area contributed by atoms with E-state index in [1.54, 1.807) is 14.0 Å². The van der Waals surface area contributed by atoms with Gasteiger partial charge in [0.15, 0.2) is 0 Å². The SMILES string of the molecule is COCC(C)(C(=O)O)C1CC1. The summed E-state index contributed by atoms with van der Waals surface area (Å²) in [6.07, 6.45) is 2.07. The average molecular weight is 158 g/mol. The van der Waals surface area contributed by atoms with E-state index in [1.165, 1.54) is 0 Å². The van der Waals surface area contributed by atoms with E-state index in [-0.39, 0.29) is 0 Å². The summed E-state index contributed by atoms with van der Waals surface area (Å²) >= 11 is 0. The summed E-state index contributed by atoms with van der Waals surface area (Å²) in [7, 11) is 1.55. The van der Waals surface area contributed by atoms with E-state index in [0.717, 1.165) is 12.8 Å². The van der Waals surface area contributed by atoms with Crippen molar-refractivity contribution in [3.8, 4) is 0 Å². The van der Waals surface area contributed by atoms with Gasteiger partial charge in [-0.15, -0.1) is 0 Å². The molecule has 0 aromatic heterocycles. The quantitative estimate of drug-likeness (QED) is 0.667. The molecule has 1 aliphatic rings. The lowest BCUT2D eigenvalue weighted by molar-refractivity contribution is -0.152.